The van der Waals surface area contributed by atoms with Crippen molar-refractivity contribution in [3.05, 3.63) is 89.2 Å². The number of ether oxygens (including phenoxy) is 2. The third-order valence-electron chi connectivity index (χ3n) is 6.56. The first-order chi connectivity index (χ1) is 18.6. The van der Waals surface area contributed by atoms with Gasteiger partial charge >= 0.3 is 12.1 Å². The Morgan fingerprint density at radius 2 is 1.85 bits per heavy atom. The molecular formula is C32H33NO6. The molecule has 0 radical (unpaired) electrons. The van der Waals surface area contributed by atoms with Crippen LogP contribution in [0.25, 0.3) is 22.1 Å². The molecule has 0 spiro atoms. The minimum atomic E-state index is -0.887. The Bertz CT molecular complexity index is 1510. The summed E-state index contributed by atoms with van der Waals surface area (Å²) in [6.45, 7) is 6.10. The molecule has 1 aromatic heterocycles. The lowest BCUT2D eigenvalue weighted by Gasteiger charge is -2.19. The summed E-state index contributed by atoms with van der Waals surface area (Å²) in [7, 11) is 0. The minimum Gasteiger partial charge on any atom is -0.489 e. The topological polar surface area (TPSA) is 98.0 Å². The van der Waals surface area contributed by atoms with Crippen LogP contribution in [-0.4, -0.2) is 22.8 Å². The number of carboxylic acids is 1. The Balaban J connectivity index is 1.38. The zero-order valence-corrected chi connectivity index (χ0v) is 22.5. The van der Waals surface area contributed by atoms with Crippen LogP contribution in [-0.2, 0) is 29.1 Å². The number of carbonyl (C=O) groups excluding carboxylic acids is 1. The van der Waals surface area contributed by atoms with E-state index in [0.717, 1.165) is 46.1 Å². The number of nitrogens with one attached hydrogen (secondary N) is 1. The average Bonchev–Trinajstić information content (AvgIpc) is 3.62. The van der Waals surface area contributed by atoms with Crippen LogP contribution < -0.4 is 10.1 Å². The number of carboxylic acid groups (broad SMARTS) is 1. The summed E-state index contributed by atoms with van der Waals surface area (Å²) in [4.78, 5) is 23.5. The van der Waals surface area contributed by atoms with Crippen LogP contribution in [0, 0.1) is 0 Å². The van der Waals surface area contributed by atoms with Crippen LogP contribution >= 0.6 is 0 Å². The maximum absolute atomic E-state index is 12.1. The van der Waals surface area contributed by atoms with Gasteiger partial charge in [0.05, 0.1) is 12.7 Å². The van der Waals surface area contributed by atoms with Gasteiger partial charge in [-0.05, 0) is 92.1 Å². The van der Waals surface area contributed by atoms with Gasteiger partial charge in [0.15, 0.2) is 0 Å². The van der Waals surface area contributed by atoms with E-state index in [2.05, 4.69) is 5.32 Å². The van der Waals surface area contributed by atoms with Gasteiger partial charge in [0.2, 0.25) is 0 Å². The predicted octanol–water partition coefficient (Wildman–Crippen LogP) is 7.21. The highest BCUT2D eigenvalue weighted by Gasteiger charge is 2.25. The summed E-state index contributed by atoms with van der Waals surface area (Å²) in [5.41, 5.74) is 5.79. The summed E-state index contributed by atoms with van der Waals surface area (Å²) in [6.07, 6.45) is 3.43. The second-order valence-electron chi connectivity index (χ2n) is 11.0. The summed E-state index contributed by atoms with van der Waals surface area (Å²) < 4.78 is 17.4. The highest BCUT2D eigenvalue weighted by atomic mass is 16.6. The number of hydrogen-bond acceptors (Lipinski definition) is 5. The Morgan fingerprint density at radius 3 is 2.59 bits per heavy atom. The SMILES string of the molecule is CC(C)(C)OC(=O)NCc1cccc(-c2cc(COc3cc(C4CC4)ccc3CC(=O)O)cc3ccoc23)c1. The molecule has 39 heavy (non-hydrogen) atoms. The molecule has 5 rings (SSSR count). The highest BCUT2D eigenvalue weighted by Crippen LogP contribution is 2.42. The first kappa shape index (κ1) is 26.4. The lowest BCUT2D eigenvalue weighted by Crippen LogP contribution is -2.32. The number of hydrogen-bond donors (Lipinski definition) is 2. The Kier molecular flexibility index (Phi) is 7.33. The van der Waals surface area contributed by atoms with Crippen molar-refractivity contribution < 1.29 is 28.6 Å². The molecule has 1 aliphatic rings. The van der Waals surface area contributed by atoms with Gasteiger partial charge in [-0.25, -0.2) is 4.79 Å². The van der Waals surface area contributed by atoms with Crippen molar-refractivity contribution in [2.45, 2.75) is 64.7 Å². The number of aliphatic carboxylic acids is 1. The second-order valence-corrected chi connectivity index (χ2v) is 11.0. The normalized spacial score (nSPS) is 13.3. The Morgan fingerprint density at radius 1 is 1.03 bits per heavy atom. The Hall–Kier alpha value is -4.26. The average molecular weight is 528 g/mol. The van der Waals surface area contributed by atoms with Gasteiger partial charge < -0.3 is 24.3 Å². The fourth-order valence-electron chi connectivity index (χ4n) is 4.63. The largest absolute Gasteiger partial charge is 0.489 e. The molecule has 1 heterocycles. The standard InChI is InChI=1S/C32H33NO6/c1-32(2,3)39-31(36)33-18-20-5-4-6-24(13-20)27-15-21(14-26-11-12-37-30(26)27)19-38-28-16-23(22-7-8-22)9-10-25(28)17-29(34)35/h4-6,9-16,22H,7-8,17-19H2,1-3H3,(H,33,36)(H,34,35). The monoisotopic (exact) mass is 527 g/mol. The highest BCUT2D eigenvalue weighted by molar-refractivity contribution is 5.93. The summed E-state index contributed by atoms with van der Waals surface area (Å²) in [5.74, 6) is 0.269. The molecule has 7 nitrogen and oxygen atoms in total. The molecule has 1 amide bonds. The summed E-state index contributed by atoms with van der Waals surface area (Å²) >= 11 is 0. The van der Waals surface area contributed by atoms with Crippen molar-refractivity contribution >= 4 is 23.0 Å². The van der Waals surface area contributed by atoms with E-state index in [4.69, 9.17) is 13.9 Å². The van der Waals surface area contributed by atoms with E-state index in [1.807, 2.05) is 81.4 Å². The van der Waals surface area contributed by atoms with Gasteiger partial charge in [-0.2, -0.15) is 0 Å². The summed E-state index contributed by atoms with van der Waals surface area (Å²) in [5, 5.41) is 13.1. The number of fused-ring (bicyclic) bond motifs is 1. The first-order valence-corrected chi connectivity index (χ1v) is 13.2. The van der Waals surface area contributed by atoms with E-state index in [9.17, 15) is 14.7 Å². The molecule has 7 heteroatoms. The molecular weight excluding hydrogens is 494 g/mol. The van der Waals surface area contributed by atoms with Crippen molar-refractivity contribution in [2.75, 3.05) is 0 Å². The van der Waals surface area contributed by atoms with Gasteiger partial charge in [-0.1, -0.05) is 30.3 Å². The van der Waals surface area contributed by atoms with Gasteiger partial charge in [-0.3, -0.25) is 4.79 Å². The number of furan rings is 1. The van der Waals surface area contributed by atoms with Crippen molar-refractivity contribution in [3.8, 4) is 16.9 Å². The third kappa shape index (κ3) is 6.79. The van der Waals surface area contributed by atoms with Crippen molar-refractivity contribution in [1.29, 1.82) is 0 Å². The summed E-state index contributed by atoms with van der Waals surface area (Å²) in [6, 6.07) is 19.8. The van der Waals surface area contributed by atoms with E-state index in [1.165, 1.54) is 5.56 Å². The number of alkyl carbamates (subject to hydrolysis) is 1. The minimum absolute atomic E-state index is 0.0869. The van der Waals surface area contributed by atoms with Crippen molar-refractivity contribution in [3.63, 3.8) is 0 Å². The maximum Gasteiger partial charge on any atom is 0.407 e. The van der Waals surface area contributed by atoms with Crippen LogP contribution in [0.4, 0.5) is 4.79 Å². The van der Waals surface area contributed by atoms with Crippen LogP contribution in [0.2, 0.25) is 0 Å². The number of amides is 1. The fraction of sp³-hybridized carbons (Fsp3) is 0.312. The quantitative estimate of drug-likeness (QED) is 0.239. The molecule has 0 unspecified atom stereocenters. The van der Waals surface area contributed by atoms with Gasteiger partial charge in [0.25, 0.3) is 0 Å². The molecule has 202 valence electrons. The smallest absolute Gasteiger partial charge is 0.407 e. The zero-order chi connectivity index (χ0) is 27.6. The van der Waals surface area contributed by atoms with E-state index < -0.39 is 17.7 Å². The zero-order valence-electron chi connectivity index (χ0n) is 22.5. The van der Waals surface area contributed by atoms with Crippen molar-refractivity contribution in [2.24, 2.45) is 0 Å². The molecule has 1 fully saturated rings. The van der Waals surface area contributed by atoms with Gasteiger partial charge in [0.1, 0.15) is 23.5 Å². The predicted molar refractivity (Wildman–Crippen MR) is 149 cm³/mol. The number of carbonyl (C=O) groups is 2. The van der Waals surface area contributed by atoms with E-state index in [0.29, 0.717) is 23.8 Å². The third-order valence-corrected chi connectivity index (χ3v) is 6.56. The molecule has 3 aromatic carbocycles. The Labute approximate surface area is 227 Å². The van der Waals surface area contributed by atoms with Crippen LogP contribution in [0.3, 0.4) is 0 Å². The number of benzene rings is 3. The van der Waals surface area contributed by atoms with Crippen LogP contribution in [0.5, 0.6) is 5.75 Å². The van der Waals surface area contributed by atoms with E-state index in [1.54, 1.807) is 6.26 Å². The number of rotatable bonds is 9. The van der Waals surface area contributed by atoms with Crippen LogP contribution in [0.15, 0.2) is 71.3 Å². The first-order valence-electron chi connectivity index (χ1n) is 13.2. The molecule has 1 saturated carbocycles. The van der Waals surface area contributed by atoms with E-state index >= 15 is 0 Å². The van der Waals surface area contributed by atoms with Gasteiger partial charge in [-0.15, -0.1) is 0 Å². The molecule has 1 aliphatic carbocycles. The van der Waals surface area contributed by atoms with Crippen LogP contribution in [0.1, 0.15) is 61.8 Å². The molecule has 0 saturated heterocycles. The lowest BCUT2D eigenvalue weighted by molar-refractivity contribution is -0.136. The molecule has 0 bridgehead atoms. The molecule has 4 aromatic rings. The molecule has 0 atom stereocenters. The second kappa shape index (κ2) is 10.8. The van der Waals surface area contributed by atoms with Crippen molar-refractivity contribution in [1.82, 2.24) is 5.32 Å². The maximum atomic E-state index is 12.1. The molecule has 2 N–H and O–H groups in total. The fourth-order valence-corrected chi connectivity index (χ4v) is 4.63. The molecule has 0 aliphatic heterocycles. The lowest BCUT2D eigenvalue weighted by atomic mass is 9.99. The van der Waals surface area contributed by atoms with Gasteiger partial charge in [0, 0.05) is 23.1 Å². The van der Waals surface area contributed by atoms with E-state index in [-0.39, 0.29) is 13.0 Å².